The number of aliphatic hydroxyl groups excluding tert-OH is 1. The second-order valence-electron chi connectivity index (χ2n) is 4.12. The van der Waals surface area contributed by atoms with Crippen molar-refractivity contribution >= 4 is 0 Å². The van der Waals surface area contributed by atoms with Gasteiger partial charge in [0.05, 0.1) is 6.10 Å². The first-order chi connectivity index (χ1) is 5.61. The van der Waals surface area contributed by atoms with Gasteiger partial charge in [-0.2, -0.15) is 0 Å². The Labute approximate surface area is 77.2 Å². The summed E-state index contributed by atoms with van der Waals surface area (Å²) in [5, 5.41) is 9.76. The fourth-order valence-corrected chi connectivity index (χ4v) is 1.57. The second-order valence-corrected chi connectivity index (χ2v) is 4.12. The van der Waals surface area contributed by atoms with E-state index in [9.17, 15) is 5.11 Å². The zero-order valence-electron chi connectivity index (χ0n) is 9.01. The van der Waals surface area contributed by atoms with Crippen LogP contribution in [0.3, 0.4) is 0 Å². The Kier molecular flexibility index (Phi) is 6.45. The lowest BCUT2D eigenvalue weighted by Gasteiger charge is -2.20. The number of aliphatic hydroxyl groups is 1. The Morgan fingerprint density at radius 3 is 1.83 bits per heavy atom. The summed E-state index contributed by atoms with van der Waals surface area (Å²) in [5.74, 6) is 1.23. The molecule has 1 heteroatoms. The molecule has 0 bridgehead atoms. The quantitative estimate of drug-likeness (QED) is 0.652. The molecule has 0 spiro atoms. The summed E-state index contributed by atoms with van der Waals surface area (Å²) in [6.07, 6.45) is 4.27. The highest BCUT2D eigenvalue weighted by atomic mass is 16.3. The summed E-state index contributed by atoms with van der Waals surface area (Å²) >= 11 is 0. The first-order valence-corrected chi connectivity index (χ1v) is 5.29. The molecule has 0 saturated heterocycles. The van der Waals surface area contributed by atoms with Crippen LogP contribution in [0.25, 0.3) is 0 Å². The second kappa shape index (κ2) is 6.47. The molecular weight excluding hydrogens is 148 g/mol. The van der Waals surface area contributed by atoms with Gasteiger partial charge in [-0.15, -0.1) is 0 Å². The third kappa shape index (κ3) is 4.76. The van der Waals surface area contributed by atoms with Gasteiger partial charge in [0.2, 0.25) is 0 Å². The van der Waals surface area contributed by atoms with Crippen molar-refractivity contribution in [1.29, 1.82) is 0 Å². The monoisotopic (exact) mass is 172 g/mol. The zero-order valence-corrected chi connectivity index (χ0v) is 9.01. The van der Waals surface area contributed by atoms with Crippen molar-refractivity contribution in [3.8, 4) is 0 Å². The maximum Gasteiger partial charge on any atom is 0.0568 e. The Morgan fingerprint density at radius 2 is 1.50 bits per heavy atom. The van der Waals surface area contributed by atoms with Crippen LogP contribution in [0.15, 0.2) is 0 Å². The topological polar surface area (TPSA) is 20.2 Å². The van der Waals surface area contributed by atoms with E-state index >= 15 is 0 Å². The average molecular weight is 172 g/mol. The van der Waals surface area contributed by atoms with Crippen molar-refractivity contribution < 1.29 is 5.11 Å². The summed E-state index contributed by atoms with van der Waals surface area (Å²) in [5.41, 5.74) is 0. The predicted molar refractivity (Wildman–Crippen MR) is 54.2 cm³/mol. The highest BCUT2D eigenvalue weighted by Crippen LogP contribution is 2.18. The highest BCUT2D eigenvalue weighted by Gasteiger charge is 2.14. The maximum absolute atomic E-state index is 9.76. The lowest BCUT2D eigenvalue weighted by molar-refractivity contribution is 0.0886. The zero-order chi connectivity index (χ0) is 9.56. The number of hydrogen-bond donors (Lipinski definition) is 1. The van der Waals surface area contributed by atoms with E-state index in [-0.39, 0.29) is 6.10 Å². The lowest BCUT2D eigenvalue weighted by Crippen LogP contribution is -2.19. The van der Waals surface area contributed by atoms with Crippen molar-refractivity contribution in [2.45, 2.75) is 59.5 Å². The molecule has 1 atom stereocenters. The van der Waals surface area contributed by atoms with E-state index in [2.05, 4.69) is 27.7 Å². The molecule has 0 aliphatic carbocycles. The van der Waals surface area contributed by atoms with Crippen LogP contribution >= 0.6 is 0 Å². The largest absolute Gasteiger partial charge is 0.393 e. The molecule has 0 aliphatic heterocycles. The standard InChI is InChI=1S/C11H24O/c1-5-10(6-2)11(12)8-7-9(3)4/h9-12H,5-8H2,1-4H3. The molecule has 0 aromatic rings. The highest BCUT2D eigenvalue weighted by molar-refractivity contribution is 4.66. The van der Waals surface area contributed by atoms with Crippen LogP contribution in [0.5, 0.6) is 0 Å². The van der Waals surface area contributed by atoms with Gasteiger partial charge in [-0.1, -0.05) is 40.5 Å². The van der Waals surface area contributed by atoms with E-state index in [1.807, 2.05) is 0 Å². The van der Waals surface area contributed by atoms with Crippen LogP contribution in [0, 0.1) is 11.8 Å². The number of hydrogen-bond acceptors (Lipinski definition) is 1. The molecule has 1 nitrogen and oxygen atoms in total. The SMILES string of the molecule is CCC(CC)C(O)CCC(C)C. The van der Waals surface area contributed by atoms with Crippen molar-refractivity contribution in [3.05, 3.63) is 0 Å². The summed E-state index contributed by atoms with van der Waals surface area (Å²) in [4.78, 5) is 0. The van der Waals surface area contributed by atoms with E-state index < -0.39 is 0 Å². The summed E-state index contributed by atoms with van der Waals surface area (Å²) in [6.45, 7) is 8.73. The van der Waals surface area contributed by atoms with Crippen molar-refractivity contribution in [1.82, 2.24) is 0 Å². The lowest BCUT2D eigenvalue weighted by atomic mass is 9.91. The maximum atomic E-state index is 9.76. The summed E-state index contributed by atoms with van der Waals surface area (Å²) in [7, 11) is 0. The smallest absolute Gasteiger partial charge is 0.0568 e. The molecule has 0 aromatic heterocycles. The Balaban J connectivity index is 3.61. The molecule has 1 N–H and O–H groups in total. The van der Waals surface area contributed by atoms with Crippen LogP contribution in [-0.2, 0) is 0 Å². The van der Waals surface area contributed by atoms with E-state index in [1.54, 1.807) is 0 Å². The molecule has 12 heavy (non-hydrogen) atoms. The number of rotatable bonds is 6. The fraction of sp³-hybridized carbons (Fsp3) is 1.00. The van der Waals surface area contributed by atoms with Crippen molar-refractivity contribution in [2.24, 2.45) is 11.8 Å². The van der Waals surface area contributed by atoms with Gasteiger partial charge in [-0.25, -0.2) is 0 Å². The normalized spacial score (nSPS) is 14.2. The van der Waals surface area contributed by atoms with Crippen LogP contribution in [0.2, 0.25) is 0 Å². The molecule has 74 valence electrons. The van der Waals surface area contributed by atoms with Gasteiger partial charge >= 0.3 is 0 Å². The molecule has 0 heterocycles. The van der Waals surface area contributed by atoms with Crippen LogP contribution in [0.4, 0.5) is 0 Å². The summed E-state index contributed by atoms with van der Waals surface area (Å²) in [6, 6.07) is 0. The van der Waals surface area contributed by atoms with Gasteiger partial charge < -0.3 is 5.11 Å². The first kappa shape index (κ1) is 12.0. The van der Waals surface area contributed by atoms with E-state index in [0.29, 0.717) is 11.8 Å². The minimum atomic E-state index is -0.0672. The van der Waals surface area contributed by atoms with E-state index in [0.717, 1.165) is 25.7 Å². The van der Waals surface area contributed by atoms with Gasteiger partial charge in [0, 0.05) is 0 Å². The minimum absolute atomic E-state index is 0.0672. The van der Waals surface area contributed by atoms with Crippen LogP contribution in [0.1, 0.15) is 53.4 Å². The predicted octanol–water partition coefficient (Wildman–Crippen LogP) is 3.22. The van der Waals surface area contributed by atoms with Crippen LogP contribution in [-0.4, -0.2) is 11.2 Å². The molecule has 0 saturated carbocycles. The van der Waals surface area contributed by atoms with Gasteiger partial charge in [0.15, 0.2) is 0 Å². The fourth-order valence-electron chi connectivity index (χ4n) is 1.57. The average Bonchev–Trinajstić information content (AvgIpc) is 2.03. The molecule has 0 fully saturated rings. The van der Waals surface area contributed by atoms with Crippen molar-refractivity contribution in [3.63, 3.8) is 0 Å². The molecule has 0 radical (unpaired) electrons. The van der Waals surface area contributed by atoms with Crippen molar-refractivity contribution in [2.75, 3.05) is 0 Å². The molecule has 1 unspecified atom stereocenters. The van der Waals surface area contributed by atoms with Gasteiger partial charge in [0.1, 0.15) is 0 Å². The van der Waals surface area contributed by atoms with Gasteiger partial charge in [0.25, 0.3) is 0 Å². The van der Waals surface area contributed by atoms with Crippen LogP contribution < -0.4 is 0 Å². The third-order valence-electron chi connectivity index (χ3n) is 2.63. The first-order valence-electron chi connectivity index (χ1n) is 5.29. The Morgan fingerprint density at radius 1 is 1.00 bits per heavy atom. The molecule has 0 rings (SSSR count). The summed E-state index contributed by atoms with van der Waals surface area (Å²) < 4.78 is 0. The molecule has 0 aliphatic rings. The Hall–Kier alpha value is -0.0400. The molecule has 0 aromatic carbocycles. The van der Waals surface area contributed by atoms with Gasteiger partial charge in [-0.05, 0) is 24.7 Å². The Bertz CT molecular complexity index is 95.2. The molecule has 0 amide bonds. The van der Waals surface area contributed by atoms with Gasteiger partial charge in [-0.3, -0.25) is 0 Å². The third-order valence-corrected chi connectivity index (χ3v) is 2.63. The van der Waals surface area contributed by atoms with E-state index in [4.69, 9.17) is 0 Å². The molecular formula is C11H24O. The van der Waals surface area contributed by atoms with E-state index in [1.165, 1.54) is 0 Å². The minimum Gasteiger partial charge on any atom is -0.393 e.